The average Bonchev–Trinajstić information content (AvgIpc) is 3.17. The number of aromatic nitrogens is 2. The van der Waals surface area contributed by atoms with Crippen molar-refractivity contribution in [2.45, 2.75) is 0 Å². The third-order valence-corrected chi connectivity index (χ3v) is 4.61. The molecule has 0 aliphatic carbocycles. The summed E-state index contributed by atoms with van der Waals surface area (Å²) in [6, 6.07) is 13.2. The first-order valence-corrected chi connectivity index (χ1v) is 9.11. The van der Waals surface area contributed by atoms with Crippen LogP contribution in [0.1, 0.15) is 5.56 Å². The van der Waals surface area contributed by atoms with Crippen molar-refractivity contribution in [3.05, 3.63) is 69.2 Å². The summed E-state index contributed by atoms with van der Waals surface area (Å²) in [6.07, 6.45) is 1.19. The summed E-state index contributed by atoms with van der Waals surface area (Å²) < 4.78 is 0. The van der Waals surface area contributed by atoms with Crippen LogP contribution in [0.25, 0.3) is 10.6 Å². The fourth-order valence-electron chi connectivity index (χ4n) is 2.09. The Balaban J connectivity index is 1.56. The van der Waals surface area contributed by atoms with Gasteiger partial charge in [0.2, 0.25) is 5.13 Å². The van der Waals surface area contributed by atoms with Gasteiger partial charge in [-0.1, -0.05) is 53.3 Å². The van der Waals surface area contributed by atoms with E-state index < -0.39 is 16.7 Å². The van der Waals surface area contributed by atoms with E-state index in [1.54, 1.807) is 0 Å². The van der Waals surface area contributed by atoms with Gasteiger partial charge in [0.25, 0.3) is 5.69 Å². The minimum atomic E-state index is -1.02. The summed E-state index contributed by atoms with van der Waals surface area (Å²) in [5.41, 5.74) is 3.03. The lowest BCUT2D eigenvalue weighted by molar-refractivity contribution is -0.384. The number of carbonyl (C=O) groups is 2. The number of rotatable bonds is 5. The van der Waals surface area contributed by atoms with E-state index in [4.69, 9.17) is 11.6 Å². The normalized spacial score (nSPS) is 10.7. The maximum absolute atomic E-state index is 11.9. The highest BCUT2D eigenvalue weighted by Gasteiger charge is 2.16. The van der Waals surface area contributed by atoms with Crippen LogP contribution in [0.4, 0.5) is 10.8 Å². The van der Waals surface area contributed by atoms with Crippen molar-refractivity contribution >= 4 is 51.8 Å². The molecule has 1 aromatic heterocycles. The molecule has 29 heavy (non-hydrogen) atoms. The molecule has 0 saturated carbocycles. The van der Waals surface area contributed by atoms with Crippen LogP contribution in [0.2, 0.25) is 5.02 Å². The van der Waals surface area contributed by atoms with Crippen molar-refractivity contribution in [2.24, 2.45) is 5.10 Å². The molecular formula is C17H11ClN6O4S. The van der Waals surface area contributed by atoms with Gasteiger partial charge in [0.15, 0.2) is 0 Å². The number of nitrogens with zero attached hydrogens (tertiary/aromatic N) is 4. The Kier molecular flexibility index (Phi) is 6.22. The van der Waals surface area contributed by atoms with Gasteiger partial charge in [-0.05, 0) is 17.7 Å². The first-order valence-electron chi connectivity index (χ1n) is 7.91. The van der Waals surface area contributed by atoms with Crippen molar-refractivity contribution in [3.8, 4) is 10.6 Å². The molecule has 0 bridgehead atoms. The van der Waals surface area contributed by atoms with Crippen LogP contribution in [-0.4, -0.2) is 33.1 Å². The van der Waals surface area contributed by atoms with Crippen LogP contribution in [-0.2, 0) is 9.59 Å². The maximum atomic E-state index is 11.9. The molecule has 0 radical (unpaired) electrons. The third-order valence-electron chi connectivity index (χ3n) is 3.42. The van der Waals surface area contributed by atoms with Crippen LogP contribution in [0.15, 0.2) is 53.6 Å². The molecule has 0 fully saturated rings. The molecule has 0 aliphatic heterocycles. The van der Waals surface area contributed by atoms with E-state index in [9.17, 15) is 19.7 Å². The van der Waals surface area contributed by atoms with Crippen LogP contribution >= 0.6 is 22.9 Å². The van der Waals surface area contributed by atoms with Crippen molar-refractivity contribution in [3.63, 3.8) is 0 Å². The Morgan fingerprint density at radius 1 is 1.14 bits per heavy atom. The summed E-state index contributed by atoms with van der Waals surface area (Å²) in [7, 11) is 0. The summed E-state index contributed by atoms with van der Waals surface area (Å²) in [4.78, 5) is 33.9. The Labute approximate surface area is 172 Å². The minimum Gasteiger partial charge on any atom is -0.292 e. The molecule has 12 heteroatoms. The quantitative estimate of drug-likeness (QED) is 0.276. The molecule has 146 valence electrons. The Hall–Kier alpha value is -3.70. The predicted molar refractivity (Wildman–Crippen MR) is 108 cm³/mol. The van der Waals surface area contributed by atoms with Crippen LogP contribution in [0.3, 0.4) is 0 Å². The number of halogens is 1. The number of carbonyl (C=O) groups excluding carboxylic acids is 2. The first kappa shape index (κ1) is 20.0. The number of benzene rings is 2. The third kappa shape index (κ3) is 5.18. The lowest BCUT2D eigenvalue weighted by Crippen LogP contribution is -2.32. The van der Waals surface area contributed by atoms with Gasteiger partial charge in [-0.2, -0.15) is 5.10 Å². The van der Waals surface area contributed by atoms with E-state index in [0.717, 1.165) is 16.9 Å². The lowest BCUT2D eigenvalue weighted by atomic mass is 10.2. The lowest BCUT2D eigenvalue weighted by Gasteiger charge is -2.00. The zero-order valence-electron chi connectivity index (χ0n) is 14.4. The summed E-state index contributed by atoms with van der Waals surface area (Å²) in [5.74, 6) is -2.00. The maximum Gasteiger partial charge on any atom is 0.329 e. The molecule has 0 aliphatic rings. The van der Waals surface area contributed by atoms with E-state index in [0.29, 0.717) is 10.6 Å². The number of nitrogens with one attached hydrogen (secondary N) is 2. The van der Waals surface area contributed by atoms with Crippen molar-refractivity contribution in [1.29, 1.82) is 0 Å². The number of hydrogen-bond donors (Lipinski definition) is 2. The van der Waals surface area contributed by atoms with Crippen LogP contribution < -0.4 is 10.7 Å². The van der Waals surface area contributed by atoms with Gasteiger partial charge >= 0.3 is 11.8 Å². The van der Waals surface area contributed by atoms with Crippen molar-refractivity contribution < 1.29 is 14.5 Å². The van der Waals surface area contributed by atoms with Gasteiger partial charge in [0.05, 0.1) is 11.1 Å². The number of hydrazone groups is 1. The van der Waals surface area contributed by atoms with Gasteiger partial charge in [-0.25, -0.2) is 5.43 Å². The fraction of sp³-hybridized carbons (Fsp3) is 0. The van der Waals surface area contributed by atoms with E-state index in [1.807, 2.05) is 35.8 Å². The number of amides is 2. The number of nitro groups is 1. The summed E-state index contributed by atoms with van der Waals surface area (Å²) in [5, 5.41) is 25.1. The first-order chi connectivity index (χ1) is 13.9. The highest BCUT2D eigenvalue weighted by molar-refractivity contribution is 7.18. The SMILES string of the molecule is O=C(N/N=C\c1ccc([N+](=O)[O-])c(Cl)c1)C(=O)Nc1nnc(-c2ccccc2)s1. The molecule has 10 nitrogen and oxygen atoms in total. The van der Waals surface area contributed by atoms with E-state index in [-0.39, 0.29) is 15.8 Å². The number of anilines is 1. The number of nitro benzene ring substituents is 1. The van der Waals surface area contributed by atoms with Crippen LogP contribution in [0, 0.1) is 10.1 Å². The molecule has 1 heterocycles. The fourth-order valence-corrected chi connectivity index (χ4v) is 3.09. The van der Waals surface area contributed by atoms with Gasteiger partial charge in [0.1, 0.15) is 10.0 Å². The van der Waals surface area contributed by atoms with E-state index in [1.165, 1.54) is 24.4 Å². The van der Waals surface area contributed by atoms with Crippen molar-refractivity contribution in [1.82, 2.24) is 15.6 Å². The highest BCUT2D eigenvalue weighted by atomic mass is 35.5. The molecule has 0 unspecified atom stereocenters. The smallest absolute Gasteiger partial charge is 0.292 e. The Bertz CT molecular complexity index is 1100. The molecule has 0 atom stereocenters. The minimum absolute atomic E-state index is 0.0755. The number of hydrogen-bond acceptors (Lipinski definition) is 8. The summed E-state index contributed by atoms with van der Waals surface area (Å²) in [6.45, 7) is 0. The standard InChI is InChI=1S/C17H11ClN6O4S/c18-12-8-10(6-7-13(12)24(27)28)9-19-21-15(26)14(25)20-17-23-22-16(29-17)11-4-2-1-3-5-11/h1-9H,(H,21,26)(H,20,23,25)/b19-9-. The molecule has 0 spiro atoms. The Morgan fingerprint density at radius 2 is 1.90 bits per heavy atom. The van der Waals surface area contributed by atoms with Gasteiger partial charge in [-0.15, -0.1) is 10.2 Å². The zero-order chi connectivity index (χ0) is 20.8. The predicted octanol–water partition coefficient (Wildman–Crippen LogP) is 2.86. The molecule has 0 saturated heterocycles. The van der Waals surface area contributed by atoms with Gasteiger partial charge in [-0.3, -0.25) is 25.0 Å². The van der Waals surface area contributed by atoms with Crippen LogP contribution in [0.5, 0.6) is 0 Å². The second-order valence-electron chi connectivity index (χ2n) is 5.40. The van der Waals surface area contributed by atoms with E-state index >= 15 is 0 Å². The van der Waals surface area contributed by atoms with E-state index in [2.05, 4.69) is 20.6 Å². The van der Waals surface area contributed by atoms with Gasteiger partial charge < -0.3 is 0 Å². The molecule has 2 N–H and O–H groups in total. The average molecular weight is 431 g/mol. The summed E-state index contributed by atoms with van der Waals surface area (Å²) >= 11 is 6.90. The molecule has 2 amide bonds. The topological polar surface area (TPSA) is 139 Å². The monoisotopic (exact) mass is 430 g/mol. The molecule has 3 aromatic rings. The van der Waals surface area contributed by atoms with Gasteiger partial charge in [0, 0.05) is 11.6 Å². The zero-order valence-corrected chi connectivity index (χ0v) is 16.0. The second-order valence-corrected chi connectivity index (χ2v) is 6.78. The molecule has 3 rings (SSSR count). The second kappa shape index (κ2) is 8.99. The molecule has 2 aromatic carbocycles. The van der Waals surface area contributed by atoms with Crippen molar-refractivity contribution in [2.75, 3.05) is 5.32 Å². The molecular weight excluding hydrogens is 420 g/mol. The Morgan fingerprint density at radius 3 is 2.59 bits per heavy atom. The largest absolute Gasteiger partial charge is 0.329 e. The highest BCUT2D eigenvalue weighted by Crippen LogP contribution is 2.26.